The summed E-state index contributed by atoms with van der Waals surface area (Å²) in [5, 5.41) is 17.8. The molecule has 26 heavy (non-hydrogen) atoms. The van der Waals surface area contributed by atoms with Crippen LogP contribution in [0.25, 0.3) is 0 Å². The SMILES string of the molecule is CCN(c1ccc(C#N)c(C(F)(F)F)c1)C1CCCN(c2nncs2)C1. The van der Waals surface area contributed by atoms with Crippen LogP contribution in [0.4, 0.5) is 24.0 Å². The molecule has 1 saturated heterocycles. The number of halogens is 3. The van der Waals surface area contributed by atoms with Crippen LogP contribution in [-0.4, -0.2) is 35.9 Å². The van der Waals surface area contributed by atoms with Crippen molar-refractivity contribution in [3.63, 3.8) is 0 Å². The predicted octanol–water partition coefficient (Wildman–Crippen LogP) is 3.92. The Morgan fingerprint density at radius 3 is 2.85 bits per heavy atom. The van der Waals surface area contributed by atoms with Crippen molar-refractivity contribution < 1.29 is 13.2 Å². The van der Waals surface area contributed by atoms with E-state index in [2.05, 4.69) is 15.1 Å². The Labute approximate surface area is 153 Å². The molecule has 0 spiro atoms. The van der Waals surface area contributed by atoms with Crippen LogP contribution in [0, 0.1) is 11.3 Å². The fraction of sp³-hybridized carbons (Fsp3) is 0.471. The number of rotatable bonds is 4. The normalized spacial score (nSPS) is 17.8. The van der Waals surface area contributed by atoms with Gasteiger partial charge in [0.15, 0.2) is 0 Å². The molecule has 1 aliphatic heterocycles. The van der Waals surface area contributed by atoms with Gasteiger partial charge in [-0.15, -0.1) is 10.2 Å². The van der Waals surface area contributed by atoms with Crippen molar-refractivity contribution in [2.75, 3.05) is 29.4 Å². The molecule has 1 aliphatic rings. The second kappa shape index (κ2) is 7.50. The maximum Gasteiger partial charge on any atom is 0.417 e. The molecule has 1 atom stereocenters. The highest BCUT2D eigenvalue weighted by Gasteiger charge is 2.35. The van der Waals surface area contributed by atoms with Crippen molar-refractivity contribution in [1.82, 2.24) is 10.2 Å². The number of piperidine rings is 1. The Morgan fingerprint density at radius 2 is 2.23 bits per heavy atom. The first-order valence-corrected chi connectivity index (χ1v) is 9.21. The minimum Gasteiger partial charge on any atom is -0.367 e. The van der Waals surface area contributed by atoms with E-state index in [-0.39, 0.29) is 11.6 Å². The van der Waals surface area contributed by atoms with Crippen LogP contribution in [0.5, 0.6) is 0 Å². The van der Waals surface area contributed by atoms with E-state index in [9.17, 15) is 13.2 Å². The minimum atomic E-state index is -4.55. The molecule has 0 amide bonds. The van der Waals surface area contributed by atoms with Crippen molar-refractivity contribution in [2.45, 2.75) is 32.0 Å². The molecule has 5 nitrogen and oxygen atoms in total. The summed E-state index contributed by atoms with van der Waals surface area (Å²) in [7, 11) is 0. The van der Waals surface area contributed by atoms with E-state index in [0.29, 0.717) is 18.8 Å². The molecular formula is C17H18F3N5S. The highest BCUT2D eigenvalue weighted by molar-refractivity contribution is 7.13. The number of nitriles is 1. The topological polar surface area (TPSA) is 56.1 Å². The highest BCUT2D eigenvalue weighted by Crippen LogP contribution is 2.35. The second-order valence-electron chi connectivity index (χ2n) is 6.09. The summed E-state index contributed by atoms with van der Waals surface area (Å²) in [5.74, 6) is 0. The van der Waals surface area contributed by atoms with E-state index in [1.165, 1.54) is 17.4 Å². The first-order valence-electron chi connectivity index (χ1n) is 8.33. The molecule has 1 aromatic carbocycles. The number of hydrogen-bond acceptors (Lipinski definition) is 6. The lowest BCUT2D eigenvalue weighted by Crippen LogP contribution is -2.48. The molecular weight excluding hydrogens is 363 g/mol. The number of alkyl halides is 3. The molecule has 0 aliphatic carbocycles. The molecule has 138 valence electrons. The largest absolute Gasteiger partial charge is 0.417 e. The smallest absolute Gasteiger partial charge is 0.367 e. The summed E-state index contributed by atoms with van der Waals surface area (Å²) in [6.07, 6.45) is -2.72. The van der Waals surface area contributed by atoms with Gasteiger partial charge in [-0.25, -0.2) is 0 Å². The van der Waals surface area contributed by atoms with Crippen LogP contribution in [-0.2, 0) is 6.18 Å². The third-order valence-corrected chi connectivity index (χ3v) is 5.31. The van der Waals surface area contributed by atoms with Crippen LogP contribution in [0.2, 0.25) is 0 Å². The van der Waals surface area contributed by atoms with Crippen LogP contribution in [0.3, 0.4) is 0 Å². The van der Waals surface area contributed by atoms with Gasteiger partial charge in [-0.05, 0) is 38.0 Å². The summed E-state index contributed by atoms with van der Waals surface area (Å²) in [6, 6.07) is 5.65. The van der Waals surface area contributed by atoms with E-state index in [1.807, 2.05) is 11.8 Å². The summed E-state index contributed by atoms with van der Waals surface area (Å²) >= 11 is 1.46. The molecule has 1 aromatic heterocycles. The highest BCUT2D eigenvalue weighted by atomic mass is 32.1. The Kier molecular flexibility index (Phi) is 5.32. The average molecular weight is 381 g/mol. The number of anilines is 2. The Balaban J connectivity index is 1.88. The molecule has 1 fully saturated rings. The quantitative estimate of drug-likeness (QED) is 0.803. The standard InChI is InChI=1S/C17H18F3N5S/c1-2-25(13-6-5-12(9-21)15(8-13)17(18,19)20)14-4-3-7-24(10-14)16-23-22-11-26-16/h5-6,8,11,14H,2-4,7,10H2,1H3. The zero-order valence-electron chi connectivity index (χ0n) is 14.2. The van der Waals surface area contributed by atoms with Gasteiger partial charge in [0.1, 0.15) is 5.51 Å². The van der Waals surface area contributed by atoms with Gasteiger partial charge >= 0.3 is 6.18 Å². The first-order chi connectivity index (χ1) is 12.4. The zero-order valence-corrected chi connectivity index (χ0v) is 15.0. The number of aromatic nitrogens is 2. The monoisotopic (exact) mass is 381 g/mol. The molecule has 0 bridgehead atoms. The number of benzene rings is 1. The summed E-state index contributed by atoms with van der Waals surface area (Å²) in [5.41, 5.74) is 0.930. The molecule has 2 heterocycles. The summed E-state index contributed by atoms with van der Waals surface area (Å²) in [6.45, 7) is 4.06. The molecule has 0 N–H and O–H groups in total. The van der Waals surface area contributed by atoms with Gasteiger partial charge in [-0.1, -0.05) is 11.3 Å². The van der Waals surface area contributed by atoms with Crippen molar-refractivity contribution in [2.24, 2.45) is 0 Å². The number of likely N-dealkylation sites (N-methyl/N-ethyl adjacent to an activating group) is 1. The van der Waals surface area contributed by atoms with E-state index in [0.717, 1.165) is 30.6 Å². The predicted molar refractivity (Wildman–Crippen MR) is 94.3 cm³/mol. The van der Waals surface area contributed by atoms with Gasteiger partial charge in [0, 0.05) is 31.4 Å². The van der Waals surface area contributed by atoms with E-state index >= 15 is 0 Å². The fourth-order valence-corrected chi connectivity index (χ4v) is 3.98. The maximum absolute atomic E-state index is 13.3. The summed E-state index contributed by atoms with van der Waals surface area (Å²) < 4.78 is 39.8. The Morgan fingerprint density at radius 1 is 1.42 bits per heavy atom. The lowest BCUT2D eigenvalue weighted by molar-refractivity contribution is -0.137. The second-order valence-corrected chi connectivity index (χ2v) is 6.90. The van der Waals surface area contributed by atoms with Gasteiger partial charge in [0.05, 0.1) is 17.2 Å². The van der Waals surface area contributed by atoms with Crippen LogP contribution in [0.15, 0.2) is 23.7 Å². The minimum absolute atomic E-state index is 0.0756. The van der Waals surface area contributed by atoms with E-state index < -0.39 is 11.7 Å². The number of hydrogen-bond donors (Lipinski definition) is 0. The van der Waals surface area contributed by atoms with E-state index in [4.69, 9.17) is 5.26 Å². The number of nitrogens with zero attached hydrogens (tertiary/aromatic N) is 5. The molecule has 9 heteroatoms. The Hall–Kier alpha value is -2.34. The van der Waals surface area contributed by atoms with Crippen molar-refractivity contribution in [1.29, 1.82) is 5.26 Å². The third-order valence-electron chi connectivity index (χ3n) is 4.56. The average Bonchev–Trinajstić information content (AvgIpc) is 3.16. The zero-order chi connectivity index (χ0) is 18.7. The van der Waals surface area contributed by atoms with Gasteiger partial charge in [-0.3, -0.25) is 0 Å². The lowest BCUT2D eigenvalue weighted by atomic mass is 10.0. The first kappa shape index (κ1) is 18.5. The van der Waals surface area contributed by atoms with Gasteiger partial charge in [-0.2, -0.15) is 18.4 Å². The van der Waals surface area contributed by atoms with Crippen molar-refractivity contribution in [3.8, 4) is 6.07 Å². The van der Waals surface area contributed by atoms with Crippen LogP contribution >= 0.6 is 11.3 Å². The van der Waals surface area contributed by atoms with Gasteiger partial charge in [0.25, 0.3) is 0 Å². The molecule has 0 saturated carbocycles. The third kappa shape index (κ3) is 3.75. The van der Waals surface area contributed by atoms with Crippen molar-refractivity contribution >= 4 is 22.2 Å². The summed E-state index contributed by atoms with van der Waals surface area (Å²) in [4.78, 5) is 4.10. The molecule has 3 rings (SSSR count). The van der Waals surface area contributed by atoms with Crippen molar-refractivity contribution in [3.05, 3.63) is 34.8 Å². The maximum atomic E-state index is 13.3. The van der Waals surface area contributed by atoms with Crippen LogP contribution < -0.4 is 9.80 Å². The lowest BCUT2D eigenvalue weighted by Gasteiger charge is -2.40. The van der Waals surface area contributed by atoms with Crippen LogP contribution in [0.1, 0.15) is 30.9 Å². The fourth-order valence-electron chi connectivity index (χ4n) is 3.38. The van der Waals surface area contributed by atoms with E-state index in [1.54, 1.807) is 17.6 Å². The molecule has 0 radical (unpaired) electrons. The molecule has 1 unspecified atom stereocenters. The van der Waals surface area contributed by atoms with Gasteiger partial charge < -0.3 is 9.80 Å². The molecule has 2 aromatic rings. The van der Waals surface area contributed by atoms with Gasteiger partial charge in [0.2, 0.25) is 5.13 Å². The Bertz CT molecular complexity index is 785.